The van der Waals surface area contributed by atoms with E-state index in [1.807, 2.05) is 5.32 Å². The van der Waals surface area contributed by atoms with Gasteiger partial charge >= 0.3 is 12.0 Å². The molecular formula is C12H12F2N2O4. The number of carboxylic acid groups (broad SMARTS) is 1. The SMILES string of the molecule is Cc1ccc(F)c(NC(=O)NC(=O)CCC(=O)O)c1F. The fourth-order valence-electron chi connectivity index (χ4n) is 1.33. The van der Waals surface area contributed by atoms with Crippen LogP contribution in [0.25, 0.3) is 0 Å². The number of rotatable bonds is 4. The maximum atomic E-state index is 13.6. The van der Waals surface area contributed by atoms with E-state index in [1.54, 1.807) is 5.32 Å². The molecule has 3 amide bonds. The Hall–Kier alpha value is -2.51. The molecule has 20 heavy (non-hydrogen) atoms. The third-order valence-corrected chi connectivity index (χ3v) is 2.34. The zero-order valence-corrected chi connectivity index (χ0v) is 10.5. The van der Waals surface area contributed by atoms with Crippen LogP contribution in [-0.4, -0.2) is 23.0 Å². The zero-order chi connectivity index (χ0) is 15.3. The van der Waals surface area contributed by atoms with Gasteiger partial charge in [-0.1, -0.05) is 6.07 Å². The molecule has 108 valence electrons. The van der Waals surface area contributed by atoms with Crippen molar-refractivity contribution in [2.75, 3.05) is 5.32 Å². The molecular weight excluding hydrogens is 274 g/mol. The Kier molecular flexibility index (Phi) is 5.13. The lowest BCUT2D eigenvalue weighted by atomic mass is 10.2. The fourth-order valence-corrected chi connectivity index (χ4v) is 1.33. The number of halogens is 2. The summed E-state index contributed by atoms with van der Waals surface area (Å²) in [7, 11) is 0. The topological polar surface area (TPSA) is 95.5 Å². The van der Waals surface area contributed by atoms with E-state index in [-0.39, 0.29) is 5.56 Å². The first-order valence-electron chi connectivity index (χ1n) is 5.58. The van der Waals surface area contributed by atoms with Crippen LogP contribution in [0.3, 0.4) is 0 Å². The van der Waals surface area contributed by atoms with E-state index >= 15 is 0 Å². The Morgan fingerprint density at radius 1 is 1.20 bits per heavy atom. The van der Waals surface area contributed by atoms with Gasteiger partial charge in [0.25, 0.3) is 0 Å². The van der Waals surface area contributed by atoms with Gasteiger partial charge in [0.05, 0.1) is 6.42 Å². The Morgan fingerprint density at radius 3 is 2.45 bits per heavy atom. The lowest BCUT2D eigenvalue weighted by molar-refractivity contribution is -0.138. The van der Waals surface area contributed by atoms with E-state index in [9.17, 15) is 23.2 Å². The van der Waals surface area contributed by atoms with Crippen molar-refractivity contribution >= 4 is 23.6 Å². The summed E-state index contributed by atoms with van der Waals surface area (Å²) in [6, 6.07) is 1.04. The molecule has 0 heterocycles. The van der Waals surface area contributed by atoms with Crippen molar-refractivity contribution in [2.45, 2.75) is 19.8 Å². The molecule has 6 nitrogen and oxygen atoms in total. The Balaban J connectivity index is 2.65. The number of urea groups is 1. The summed E-state index contributed by atoms with van der Waals surface area (Å²) in [5.74, 6) is -3.99. The van der Waals surface area contributed by atoms with Crippen LogP contribution in [0.1, 0.15) is 18.4 Å². The summed E-state index contributed by atoms with van der Waals surface area (Å²) in [6.45, 7) is 1.38. The van der Waals surface area contributed by atoms with Crippen LogP contribution in [-0.2, 0) is 9.59 Å². The van der Waals surface area contributed by atoms with Crippen LogP contribution in [0.4, 0.5) is 19.3 Å². The predicted octanol–water partition coefficient (Wildman–Crippen LogP) is 1.79. The quantitative estimate of drug-likeness (QED) is 0.786. The molecule has 1 rings (SSSR count). The number of aliphatic carboxylic acids is 1. The summed E-state index contributed by atoms with van der Waals surface area (Å²) in [6.07, 6.45) is -0.867. The highest BCUT2D eigenvalue weighted by atomic mass is 19.1. The molecule has 0 aliphatic rings. The molecule has 0 bridgehead atoms. The maximum Gasteiger partial charge on any atom is 0.326 e. The number of anilines is 1. The van der Waals surface area contributed by atoms with Crippen molar-refractivity contribution in [3.63, 3.8) is 0 Å². The maximum absolute atomic E-state index is 13.6. The lowest BCUT2D eigenvalue weighted by Crippen LogP contribution is -2.35. The van der Waals surface area contributed by atoms with E-state index in [0.717, 1.165) is 6.07 Å². The third-order valence-electron chi connectivity index (χ3n) is 2.34. The van der Waals surface area contributed by atoms with Gasteiger partial charge in [-0.25, -0.2) is 13.6 Å². The summed E-state index contributed by atoms with van der Waals surface area (Å²) in [4.78, 5) is 32.7. The van der Waals surface area contributed by atoms with Gasteiger partial charge in [0.15, 0.2) is 5.82 Å². The first-order chi connectivity index (χ1) is 9.31. The minimum Gasteiger partial charge on any atom is -0.481 e. The van der Waals surface area contributed by atoms with E-state index in [0.29, 0.717) is 0 Å². The van der Waals surface area contributed by atoms with Crippen LogP contribution in [0.2, 0.25) is 0 Å². The van der Waals surface area contributed by atoms with Gasteiger partial charge < -0.3 is 10.4 Å². The molecule has 0 atom stereocenters. The number of carbonyl (C=O) groups is 3. The minimum atomic E-state index is -1.20. The van der Waals surface area contributed by atoms with Crippen LogP contribution >= 0.6 is 0 Å². The van der Waals surface area contributed by atoms with E-state index in [2.05, 4.69) is 0 Å². The Labute approximate surface area is 112 Å². The normalized spacial score (nSPS) is 9.95. The molecule has 0 aliphatic heterocycles. The van der Waals surface area contributed by atoms with Crippen LogP contribution in [0.15, 0.2) is 12.1 Å². The first-order valence-corrected chi connectivity index (χ1v) is 5.58. The van der Waals surface area contributed by atoms with Gasteiger partial charge in [0, 0.05) is 6.42 Å². The molecule has 3 N–H and O–H groups in total. The standard InChI is InChI=1S/C12H12F2N2O4/c1-6-2-3-7(13)11(10(6)14)16-12(20)15-8(17)4-5-9(18)19/h2-3H,4-5H2,1H3,(H,18,19)(H2,15,16,17,20). The Bertz CT molecular complexity index is 561. The zero-order valence-electron chi connectivity index (χ0n) is 10.5. The average Bonchev–Trinajstić information content (AvgIpc) is 2.37. The summed E-state index contributed by atoms with van der Waals surface area (Å²) >= 11 is 0. The average molecular weight is 286 g/mol. The number of amides is 3. The molecule has 0 saturated heterocycles. The van der Waals surface area contributed by atoms with Gasteiger partial charge in [0.2, 0.25) is 5.91 Å². The van der Waals surface area contributed by atoms with Gasteiger partial charge in [-0.2, -0.15) is 0 Å². The lowest BCUT2D eigenvalue weighted by Gasteiger charge is -2.09. The summed E-state index contributed by atoms with van der Waals surface area (Å²) < 4.78 is 26.9. The monoisotopic (exact) mass is 286 g/mol. The van der Waals surface area contributed by atoms with E-state index in [1.165, 1.54) is 13.0 Å². The molecule has 1 aromatic carbocycles. The fraction of sp³-hybridized carbons (Fsp3) is 0.250. The number of aryl methyl sites for hydroxylation is 1. The molecule has 1 aromatic rings. The highest BCUT2D eigenvalue weighted by Crippen LogP contribution is 2.21. The number of carbonyl (C=O) groups excluding carboxylic acids is 2. The van der Waals surface area contributed by atoms with Gasteiger partial charge in [0.1, 0.15) is 11.5 Å². The number of hydrogen-bond acceptors (Lipinski definition) is 3. The van der Waals surface area contributed by atoms with Crippen molar-refractivity contribution in [3.05, 3.63) is 29.3 Å². The molecule has 0 aliphatic carbocycles. The number of benzene rings is 1. The van der Waals surface area contributed by atoms with Gasteiger partial charge in [-0.15, -0.1) is 0 Å². The predicted molar refractivity (Wildman–Crippen MR) is 65.1 cm³/mol. The van der Waals surface area contributed by atoms with Crippen molar-refractivity contribution in [1.29, 1.82) is 0 Å². The smallest absolute Gasteiger partial charge is 0.326 e. The largest absolute Gasteiger partial charge is 0.481 e. The van der Waals surface area contributed by atoms with Gasteiger partial charge in [-0.05, 0) is 18.6 Å². The van der Waals surface area contributed by atoms with E-state index in [4.69, 9.17) is 5.11 Å². The van der Waals surface area contributed by atoms with Crippen LogP contribution < -0.4 is 10.6 Å². The molecule has 0 aromatic heterocycles. The van der Waals surface area contributed by atoms with Crippen LogP contribution in [0, 0.1) is 18.6 Å². The summed E-state index contributed by atoms with van der Waals surface area (Å²) in [5.41, 5.74) is -0.549. The third kappa shape index (κ3) is 4.30. The van der Waals surface area contributed by atoms with Crippen molar-refractivity contribution in [2.24, 2.45) is 0 Å². The highest BCUT2D eigenvalue weighted by molar-refractivity contribution is 6.01. The number of carboxylic acids is 1. The molecule has 0 spiro atoms. The summed E-state index contributed by atoms with van der Waals surface area (Å²) in [5, 5.41) is 12.0. The molecule has 0 radical (unpaired) electrons. The first kappa shape index (κ1) is 15.5. The number of hydrogen-bond donors (Lipinski definition) is 3. The minimum absolute atomic E-state index is 0.124. The van der Waals surface area contributed by atoms with Crippen molar-refractivity contribution < 1.29 is 28.3 Å². The van der Waals surface area contributed by atoms with Crippen molar-refractivity contribution in [3.8, 4) is 0 Å². The van der Waals surface area contributed by atoms with Crippen LogP contribution in [0.5, 0.6) is 0 Å². The van der Waals surface area contributed by atoms with Gasteiger partial charge in [-0.3, -0.25) is 14.9 Å². The van der Waals surface area contributed by atoms with E-state index < -0.39 is 48.1 Å². The highest BCUT2D eigenvalue weighted by Gasteiger charge is 2.16. The molecule has 8 heteroatoms. The molecule has 0 fully saturated rings. The molecule has 0 saturated carbocycles. The second kappa shape index (κ2) is 6.60. The Morgan fingerprint density at radius 2 is 1.85 bits per heavy atom. The number of imide groups is 1. The molecule has 0 unspecified atom stereocenters. The second-order valence-electron chi connectivity index (χ2n) is 3.95. The number of nitrogens with one attached hydrogen (secondary N) is 2. The van der Waals surface area contributed by atoms with Crippen molar-refractivity contribution in [1.82, 2.24) is 5.32 Å². The second-order valence-corrected chi connectivity index (χ2v) is 3.95.